The van der Waals surface area contributed by atoms with Gasteiger partial charge >= 0.3 is 6.03 Å². The molecule has 0 saturated carbocycles. The molecule has 3 aromatic rings. The van der Waals surface area contributed by atoms with Gasteiger partial charge in [0.1, 0.15) is 18.9 Å². The number of aryl methyl sites for hydroxylation is 1. The second-order valence-corrected chi connectivity index (χ2v) is 7.19. The third kappa shape index (κ3) is 3.80. The number of imide groups is 1. The summed E-state index contributed by atoms with van der Waals surface area (Å²) in [7, 11) is 1.52. The Morgan fingerprint density at radius 1 is 1.07 bits per heavy atom. The van der Waals surface area contributed by atoms with Crippen molar-refractivity contribution in [2.24, 2.45) is 0 Å². The summed E-state index contributed by atoms with van der Waals surface area (Å²) in [4.78, 5) is 38.8. The summed E-state index contributed by atoms with van der Waals surface area (Å²) >= 11 is 0. The SMILES string of the molecule is Cc1ccc(-c2cc(NC(=O)CN3C(=O)CN(C)C3=O)n(-c3ccccc3)n2)cc1. The Kier molecular flexibility index (Phi) is 5.05. The first-order valence-electron chi connectivity index (χ1n) is 9.50. The lowest BCUT2D eigenvalue weighted by Gasteiger charge is -2.14. The summed E-state index contributed by atoms with van der Waals surface area (Å²) in [5.74, 6) is -0.414. The van der Waals surface area contributed by atoms with Crippen LogP contribution in [0.3, 0.4) is 0 Å². The zero-order valence-electron chi connectivity index (χ0n) is 16.7. The normalized spacial score (nSPS) is 13.8. The van der Waals surface area contributed by atoms with Crippen molar-refractivity contribution in [1.82, 2.24) is 19.6 Å². The Hall–Kier alpha value is -3.94. The van der Waals surface area contributed by atoms with Gasteiger partial charge in [0.15, 0.2) is 0 Å². The van der Waals surface area contributed by atoms with Gasteiger partial charge in [-0.25, -0.2) is 9.48 Å². The fraction of sp³-hybridized carbons (Fsp3) is 0.182. The van der Waals surface area contributed by atoms with Gasteiger partial charge in [0.2, 0.25) is 5.91 Å². The number of likely N-dealkylation sites (N-methyl/N-ethyl adjacent to an activating group) is 1. The van der Waals surface area contributed by atoms with E-state index in [9.17, 15) is 14.4 Å². The minimum Gasteiger partial charge on any atom is -0.318 e. The van der Waals surface area contributed by atoms with Gasteiger partial charge in [-0.1, -0.05) is 48.0 Å². The van der Waals surface area contributed by atoms with Crippen LogP contribution in [0.4, 0.5) is 10.6 Å². The van der Waals surface area contributed by atoms with Crippen molar-refractivity contribution >= 4 is 23.7 Å². The van der Waals surface area contributed by atoms with Crippen molar-refractivity contribution in [1.29, 1.82) is 0 Å². The first-order valence-corrected chi connectivity index (χ1v) is 9.50. The van der Waals surface area contributed by atoms with Crippen LogP contribution in [0.25, 0.3) is 16.9 Å². The number of benzene rings is 2. The smallest absolute Gasteiger partial charge is 0.318 e. The standard InChI is InChI=1S/C22H21N5O3/c1-15-8-10-16(11-9-15)18-12-19(27(24-18)17-6-4-3-5-7-17)23-20(28)13-26-21(29)14-25(2)22(26)30/h3-12H,13-14H2,1-2H3,(H,23,28). The highest BCUT2D eigenvalue weighted by atomic mass is 16.2. The number of hydrogen-bond donors (Lipinski definition) is 1. The van der Waals surface area contributed by atoms with Gasteiger partial charge < -0.3 is 10.2 Å². The first kappa shape index (κ1) is 19.4. The predicted molar refractivity (Wildman–Crippen MR) is 112 cm³/mol. The monoisotopic (exact) mass is 403 g/mol. The Labute approximate surface area is 173 Å². The fourth-order valence-electron chi connectivity index (χ4n) is 3.25. The number of urea groups is 1. The molecule has 0 radical (unpaired) electrons. The maximum absolute atomic E-state index is 12.6. The van der Waals surface area contributed by atoms with E-state index in [1.165, 1.54) is 11.9 Å². The largest absolute Gasteiger partial charge is 0.327 e. The van der Waals surface area contributed by atoms with E-state index in [0.717, 1.165) is 21.7 Å². The van der Waals surface area contributed by atoms with Gasteiger partial charge in [-0.05, 0) is 19.1 Å². The molecule has 0 atom stereocenters. The molecule has 1 N–H and O–H groups in total. The predicted octanol–water partition coefficient (Wildman–Crippen LogP) is 2.68. The van der Waals surface area contributed by atoms with Crippen LogP contribution in [0.5, 0.6) is 0 Å². The number of rotatable bonds is 5. The van der Waals surface area contributed by atoms with E-state index in [1.54, 1.807) is 10.7 Å². The van der Waals surface area contributed by atoms with E-state index in [-0.39, 0.29) is 13.1 Å². The number of para-hydroxylation sites is 1. The number of hydrogen-bond acceptors (Lipinski definition) is 4. The molecule has 0 unspecified atom stereocenters. The molecule has 1 saturated heterocycles. The average molecular weight is 403 g/mol. The average Bonchev–Trinajstić information content (AvgIpc) is 3.25. The molecule has 4 amide bonds. The molecular weight excluding hydrogens is 382 g/mol. The highest BCUT2D eigenvalue weighted by Gasteiger charge is 2.34. The van der Waals surface area contributed by atoms with Crippen LogP contribution >= 0.6 is 0 Å². The van der Waals surface area contributed by atoms with E-state index in [4.69, 9.17) is 0 Å². The molecule has 1 aromatic heterocycles. The second-order valence-electron chi connectivity index (χ2n) is 7.19. The van der Waals surface area contributed by atoms with Crippen LogP contribution in [-0.2, 0) is 9.59 Å². The maximum Gasteiger partial charge on any atom is 0.327 e. The number of amides is 4. The van der Waals surface area contributed by atoms with Crippen LogP contribution < -0.4 is 5.32 Å². The minimum atomic E-state index is -0.480. The first-order chi connectivity index (χ1) is 14.4. The van der Waals surface area contributed by atoms with Gasteiger partial charge in [-0.3, -0.25) is 14.5 Å². The van der Waals surface area contributed by atoms with E-state index in [1.807, 2.05) is 61.5 Å². The number of nitrogens with one attached hydrogen (secondary N) is 1. The van der Waals surface area contributed by atoms with Crippen molar-refractivity contribution in [2.45, 2.75) is 6.92 Å². The van der Waals surface area contributed by atoms with Crippen molar-refractivity contribution in [3.8, 4) is 16.9 Å². The van der Waals surface area contributed by atoms with Crippen LogP contribution in [0.1, 0.15) is 5.56 Å². The van der Waals surface area contributed by atoms with E-state index in [2.05, 4.69) is 10.4 Å². The summed E-state index contributed by atoms with van der Waals surface area (Å²) in [6, 6.07) is 18.6. The molecule has 0 bridgehead atoms. The summed E-state index contributed by atoms with van der Waals surface area (Å²) in [6.07, 6.45) is 0. The molecular formula is C22H21N5O3. The molecule has 2 heterocycles. The zero-order valence-corrected chi connectivity index (χ0v) is 16.7. The quantitative estimate of drug-likeness (QED) is 0.664. The molecule has 2 aromatic carbocycles. The molecule has 1 fully saturated rings. The van der Waals surface area contributed by atoms with Gasteiger partial charge in [0, 0.05) is 18.7 Å². The topological polar surface area (TPSA) is 87.5 Å². The van der Waals surface area contributed by atoms with Crippen LogP contribution in [-0.4, -0.2) is 57.6 Å². The third-order valence-electron chi connectivity index (χ3n) is 4.86. The fourth-order valence-corrected chi connectivity index (χ4v) is 3.25. The Bertz CT molecular complexity index is 1110. The summed E-state index contributed by atoms with van der Waals surface area (Å²) in [6.45, 7) is 1.64. The molecule has 1 aliphatic heterocycles. The van der Waals surface area contributed by atoms with Gasteiger partial charge in [0.25, 0.3) is 5.91 Å². The molecule has 30 heavy (non-hydrogen) atoms. The highest BCUT2D eigenvalue weighted by Crippen LogP contribution is 2.25. The Morgan fingerprint density at radius 3 is 2.40 bits per heavy atom. The van der Waals surface area contributed by atoms with Gasteiger partial charge in [-0.15, -0.1) is 0 Å². The third-order valence-corrected chi connectivity index (χ3v) is 4.86. The lowest BCUT2D eigenvalue weighted by molar-refractivity contribution is -0.129. The number of nitrogens with zero attached hydrogens (tertiary/aromatic N) is 4. The number of carbonyl (C=O) groups is 3. The Morgan fingerprint density at radius 2 is 1.77 bits per heavy atom. The molecule has 152 valence electrons. The molecule has 8 nitrogen and oxygen atoms in total. The minimum absolute atomic E-state index is 0.0222. The summed E-state index contributed by atoms with van der Waals surface area (Å²) in [5.41, 5.74) is 3.53. The number of aromatic nitrogens is 2. The lowest BCUT2D eigenvalue weighted by atomic mass is 10.1. The van der Waals surface area contributed by atoms with Crippen molar-refractivity contribution in [3.63, 3.8) is 0 Å². The van der Waals surface area contributed by atoms with Crippen molar-refractivity contribution in [2.75, 3.05) is 25.5 Å². The second kappa shape index (κ2) is 7.82. The van der Waals surface area contributed by atoms with Crippen molar-refractivity contribution in [3.05, 3.63) is 66.2 Å². The molecule has 4 rings (SSSR count). The van der Waals surface area contributed by atoms with E-state index >= 15 is 0 Å². The van der Waals surface area contributed by atoms with Crippen molar-refractivity contribution < 1.29 is 14.4 Å². The zero-order chi connectivity index (χ0) is 21.3. The summed E-state index contributed by atoms with van der Waals surface area (Å²) in [5, 5.41) is 7.44. The van der Waals surface area contributed by atoms with Gasteiger partial charge in [-0.2, -0.15) is 5.10 Å². The highest BCUT2D eigenvalue weighted by molar-refractivity contribution is 6.06. The van der Waals surface area contributed by atoms with Crippen LogP contribution in [0.2, 0.25) is 0 Å². The number of carbonyl (C=O) groups excluding carboxylic acids is 3. The molecule has 0 spiro atoms. The Balaban J connectivity index is 1.63. The van der Waals surface area contributed by atoms with Crippen LogP contribution in [0, 0.1) is 6.92 Å². The number of anilines is 1. The van der Waals surface area contributed by atoms with Gasteiger partial charge in [0.05, 0.1) is 11.4 Å². The molecule has 1 aliphatic rings. The maximum atomic E-state index is 12.6. The molecule has 8 heteroatoms. The molecule has 0 aliphatic carbocycles. The summed E-state index contributed by atoms with van der Waals surface area (Å²) < 4.78 is 1.63. The van der Waals surface area contributed by atoms with E-state index in [0.29, 0.717) is 11.5 Å². The van der Waals surface area contributed by atoms with Crippen LogP contribution in [0.15, 0.2) is 60.7 Å². The lowest BCUT2D eigenvalue weighted by Crippen LogP contribution is -2.38. The van der Waals surface area contributed by atoms with E-state index < -0.39 is 17.8 Å².